The van der Waals surface area contributed by atoms with Gasteiger partial charge in [0.2, 0.25) is 5.91 Å². The molecule has 0 saturated heterocycles. The second-order valence-electron chi connectivity index (χ2n) is 9.22. The van der Waals surface area contributed by atoms with E-state index < -0.39 is 24.1 Å². The Morgan fingerprint density at radius 3 is 2.06 bits per heavy atom. The first kappa shape index (κ1) is 25.3. The molecule has 2 N–H and O–H groups in total. The molecule has 3 rings (SSSR count). The van der Waals surface area contributed by atoms with E-state index in [-0.39, 0.29) is 30.8 Å². The number of alkyl carbamates (subject to hydrolysis) is 1. The zero-order valence-corrected chi connectivity index (χ0v) is 20.3. The Labute approximate surface area is 201 Å². The number of amides is 2. The number of carboxylic acids is 1. The van der Waals surface area contributed by atoms with Crippen LogP contribution in [0.4, 0.5) is 4.79 Å². The maximum Gasteiger partial charge on any atom is 0.407 e. The van der Waals surface area contributed by atoms with Crippen LogP contribution in [0.5, 0.6) is 0 Å². The lowest BCUT2D eigenvalue weighted by Crippen LogP contribution is -2.52. The van der Waals surface area contributed by atoms with Gasteiger partial charge in [-0.15, -0.1) is 0 Å². The fourth-order valence-corrected chi connectivity index (χ4v) is 4.72. The van der Waals surface area contributed by atoms with Crippen LogP contribution in [0.15, 0.2) is 48.5 Å². The molecule has 2 aromatic carbocycles. The van der Waals surface area contributed by atoms with Crippen LogP contribution in [0.1, 0.15) is 57.6 Å². The molecular formula is C27H34N2O5. The number of aliphatic carboxylic acids is 1. The Balaban J connectivity index is 1.70. The molecule has 0 bridgehead atoms. The molecule has 2 atom stereocenters. The summed E-state index contributed by atoms with van der Waals surface area (Å²) in [6.45, 7) is 7.96. The Hall–Kier alpha value is -3.35. The lowest BCUT2D eigenvalue weighted by atomic mass is 9.98. The average Bonchev–Trinajstić information content (AvgIpc) is 3.10. The number of nitrogens with zero attached hydrogens (tertiary/aromatic N) is 1. The summed E-state index contributed by atoms with van der Waals surface area (Å²) in [7, 11) is 0. The molecule has 34 heavy (non-hydrogen) atoms. The van der Waals surface area contributed by atoms with E-state index in [1.54, 1.807) is 13.8 Å². The van der Waals surface area contributed by atoms with E-state index in [2.05, 4.69) is 29.6 Å². The third kappa shape index (κ3) is 5.76. The Morgan fingerprint density at radius 2 is 1.56 bits per heavy atom. The molecule has 0 heterocycles. The van der Waals surface area contributed by atoms with Crippen LogP contribution in [0.2, 0.25) is 0 Å². The molecule has 182 valence electrons. The second-order valence-corrected chi connectivity index (χ2v) is 9.22. The maximum absolute atomic E-state index is 13.2. The van der Waals surface area contributed by atoms with Crippen molar-refractivity contribution in [2.75, 3.05) is 13.2 Å². The number of hydrogen-bond donors (Lipinski definition) is 2. The van der Waals surface area contributed by atoms with Crippen molar-refractivity contribution in [1.82, 2.24) is 10.2 Å². The number of hydrogen-bond acceptors (Lipinski definition) is 4. The Bertz CT molecular complexity index is 990. The summed E-state index contributed by atoms with van der Waals surface area (Å²) >= 11 is 0. The second kappa shape index (κ2) is 11.2. The predicted octanol–water partition coefficient (Wildman–Crippen LogP) is 4.65. The third-order valence-corrected chi connectivity index (χ3v) is 6.27. The van der Waals surface area contributed by atoms with E-state index in [0.29, 0.717) is 13.0 Å². The summed E-state index contributed by atoms with van der Waals surface area (Å²) in [5.74, 6) is -1.18. The summed E-state index contributed by atoms with van der Waals surface area (Å²) in [6.07, 6.45) is -0.374. The number of benzene rings is 2. The van der Waals surface area contributed by atoms with Crippen LogP contribution in [0, 0.1) is 5.92 Å². The van der Waals surface area contributed by atoms with E-state index in [4.69, 9.17) is 9.84 Å². The van der Waals surface area contributed by atoms with Crippen LogP contribution in [-0.2, 0) is 14.3 Å². The van der Waals surface area contributed by atoms with Crippen molar-refractivity contribution in [3.8, 4) is 11.1 Å². The highest BCUT2D eigenvalue weighted by Gasteiger charge is 2.32. The van der Waals surface area contributed by atoms with Crippen molar-refractivity contribution >= 4 is 18.0 Å². The minimum atomic E-state index is -0.969. The minimum Gasteiger partial charge on any atom is -0.481 e. The van der Waals surface area contributed by atoms with Gasteiger partial charge in [0.05, 0.1) is 6.42 Å². The minimum absolute atomic E-state index is 0.0693. The van der Waals surface area contributed by atoms with Gasteiger partial charge < -0.3 is 20.1 Å². The molecule has 2 aromatic rings. The first-order chi connectivity index (χ1) is 16.2. The van der Waals surface area contributed by atoms with Gasteiger partial charge in [0.1, 0.15) is 12.6 Å². The van der Waals surface area contributed by atoms with Gasteiger partial charge in [-0.1, -0.05) is 62.4 Å². The molecule has 1 unspecified atom stereocenters. The standard InChI is InChI=1S/C27H34N2O5/c1-5-29(18(4)15-25(30)31)26(32)24(14-17(2)3)28-27(33)34-16-23-21-12-8-6-10-19(21)20-11-7-9-13-22(20)23/h6-13,17-18,23-24H,5,14-16H2,1-4H3,(H,28,33)(H,30,31)/t18?,24-/m1/s1. The molecule has 0 aromatic heterocycles. The number of rotatable bonds is 10. The van der Waals surface area contributed by atoms with Crippen molar-refractivity contribution in [2.45, 2.75) is 58.5 Å². The van der Waals surface area contributed by atoms with Gasteiger partial charge in [0, 0.05) is 18.5 Å². The van der Waals surface area contributed by atoms with Crippen LogP contribution in [0.3, 0.4) is 0 Å². The van der Waals surface area contributed by atoms with E-state index in [9.17, 15) is 14.4 Å². The number of likely N-dealkylation sites (N-methyl/N-ethyl adjacent to an activating group) is 1. The van der Waals surface area contributed by atoms with E-state index in [1.165, 1.54) is 4.90 Å². The molecule has 1 aliphatic rings. The van der Waals surface area contributed by atoms with Gasteiger partial charge >= 0.3 is 12.1 Å². The molecule has 0 saturated carbocycles. The zero-order valence-electron chi connectivity index (χ0n) is 20.3. The smallest absolute Gasteiger partial charge is 0.407 e. The van der Waals surface area contributed by atoms with Crippen molar-refractivity contribution < 1.29 is 24.2 Å². The Kier molecular flexibility index (Phi) is 8.31. The predicted molar refractivity (Wildman–Crippen MR) is 131 cm³/mol. The van der Waals surface area contributed by atoms with Gasteiger partial charge in [0.25, 0.3) is 0 Å². The highest BCUT2D eigenvalue weighted by molar-refractivity contribution is 5.86. The van der Waals surface area contributed by atoms with Crippen molar-refractivity contribution in [3.05, 3.63) is 59.7 Å². The number of carbonyl (C=O) groups excluding carboxylic acids is 2. The van der Waals surface area contributed by atoms with Crippen LogP contribution in [-0.4, -0.2) is 53.2 Å². The summed E-state index contributed by atoms with van der Waals surface area (Å²) < 4.78 is 5.63. The largest absolute Gasteiger partial charge is 0.481 e. The highest BCUT2D eigenvalue weighted by Crippen LogP contribution is 2.44. The first-order valence-electron chi connectivity index (χ1n) is 11.9. The van der Waals surface area contributed by atoms with Gasteiger partial charge in [-0.3, -0.25) is 9.59 Å². The van der Waals surface area contributed by atoms with Crippen LogP contribution < -0.4 is 5.32 Å². The SMILES string of the molecule is CCN(C(=O)[C@@H](CC(C)C)NC(=O)OCC1c2ccccc2-c2ccccc21)C(C)CC(=O)O. The molecule has 0 radical (unpaired) electrons. The normalized spacial score (nSPS) is 14.1. The monoisotopic (exact) mass is 466 g/mol. The lowest BCUT2D eigenvalue weighted by Gasteiger charge is -2.31. The van der Waals surface area contributed by atoms with Crippen molar-refractivity contribution in [2.24, 2.45) is 5.92 Å². The molecule has 7 nitrogen and oxygen atoms in total. The summed E-state index contributed by atoms with van der Waals surface area (Å²) in [4.78, 5) is 38.6. The molecule has 0 aliphatic heterocycles. The summed E-state index contributed by atoms with van der Waals surface area (Å²) in [6, 6.07) is 14.9. The topological polar surface area (TPSA) is 95.9 Å². The van der Waals surface area contributed by atoms with Gasteiger partial charge in [-0.2, -0.15) is 0 Å². The number of fused-ring (bicyclic) bond motifs is 3. The van der Waals surface area contributed by atoms with Crippen LogP contribution in [0.25, 0.3) is 11.1 Å². The number of carboxylic acid groups (broad SMARTS) is 1. The first-order valence-corrected chi connectivity index (χ1v) is 11.9. The quantitative estimate of drug-likeness (QED) is 0.531. The van der Waals surface area contributed by atoms with Gasteiger partial charge in [0.15, 0.2) is 0 Å². The van der Waals surface area contributed by atoms with Crippen molar-refractivity contribution in [3.63, 3.8) is 0 Å². The van der Waals surface area contributed by atoms with E-state index in [0.717, 1.165) is 22.3 Å². The summed E-state index contributed by atoms with van der Waals surface area (Å²) in [5, 5.41) is 11.9. The summed E-state index contributed by atoms with van der Waals surface area (Å²) in [5.41, 5.74) is 4.52. The van der Waals surface area contributed by atoms with E-state index >= 15 is 0 Å². The van der Waals surface area contributed by atoms with E-state index in [1.807, 2.05) is 38.1 Å². The lowest BCUT2D eigenvalue weighted by molar-refractivity contribution is -0.141. The number of nitrogens with one attached hydrogen (secondary N) is 1. The maximum atomic E-state index is 13.2. The highest BCUT2D eigenvalue weighted by atomic mass is 16.5. The number of ether oxygens (including phenoxy) is 1. The van der Waals surface area contributed by atoms with Crippen molar-refractivity contribution in [1.29, 1.82) is 0 Å². The molecule has 1 aliphatic carbocycles. The zero-order chi connectivity index (χ0) is 24.8. The van der Waals surface area contributed by atoms with Gasteiger partial charge in [-0.05, 0) is 48.4 Å². The molecule has 2 amide bonds. The molecule has 0 spiro atoms. The average molecular weight is 467 g/mol. The van der Waals surface area contributed by atoms with Crippen LogP contribution >= 0.6 is 0 Å². The Morgan fingerprint density at radius 1 is 1.00 bits per heavy atom. The third-order valence-electron chi connectivity index (χ3n) is 6.27. The number of carbonyl (C=O) groups is 3. The fourth-order valence-electron chi connectivity index (χ4n) is 4.72. The molecule has 7 heteroatoms. The molecule has 0 fully saturated rings. The van der Waals surface area contributed by atoms with Gasteiger partial charge in [-0.25, -0.2) is 4.79 Å². The molecular weight excluding hydrogens is 432 g/mol. The fraction of sp³-hybridized carbons (Fsp3) is 0.444.